The second kappa shape index (κ2) is 10.2. The fourth-order valence-electron chi connectivity index (χ4n) is 3.01. The van der Waals surface area contributed by atoms with E-state index in [0.29, 0.717) is 11.4 Å². The predicted octanol–water partition coefficient (Wildman–Crippen LogP) is 4.28. The summed E-state index contributed by atoms with van der Waals surface area (Å²) >= 11 is 0. The smallest absolute Gasteiger partial charge is 0.340 e. The van der Waals surface area contributed by atoms with Crippen molar-refractivity contribution in [3.8, 4) is 0 Å². The molecular weight excluding hydrogens is 392 g/mol. The second-order valence-electron chi connectivity index (χ2n) is 7.20. The molecule has 0 aliphatic heterocycles. The molecule has 0 atom stereocenters. The van der Waals surface area contributed by atoms with Gasteiger partial charge in [-0.15, -0.1) is 0 Å². The van der Waals surface area contributed by atoms with E-state index in [9.17, 15) is 14.4 Å². The van der Waals surface area contributed by atoms with Crippen LogP contribution in [0.1, 0.15) is 27.0 Å². The summed E-state index contributed by atoms with van der Waals surface area (Å²) < 4.78 is 5.17. The highest BCUT2D eigenvalue weighted by Crippen LogP contribution is 2.18. The summed E-state index contributed by atoms with van der Waals surface area (Å²) in [5, 5.41) is 5.49. The zero-order valence-corrected chi connectivity index (χ0v) is 17.5. The Morgan fingerprint density at radius 1 is 0.774 bits per heavy atom. The average molecular weight is 416 g/mol. The van der Waals surface area contributed by atoms with Gasteiger partial charge in [0, 0.05) is 5.69 Å². The van der Waals surface area contributed by atoms with Gasteiger partial charge in [0.05, 0.1) is 17.7 Å². The lowest BCUT2D eigenvalue weighted by Crippen LogP contribution is -2.22. The number of ether oxygens (including phenoxy) is 1. The maximum atomic E-state index is 12.5. The van der Waals surface area contributed by atoms with E-state index in [1.54, 1.807) is 24.3 Å². The number of para-hydroxylation sites is 1. The van der Waals surface area contributed by atoms with Crippen LogP contribution in [0.5, 0.6) is 0 Å². The van der Waals surface area contributed by atoms with Gasteiger partial charge in [-0.1, -0.05) is 54.6 Å². The van der Waals surface area contributed by atoms with Crippen molar-refractivity contribution in [3.63, 3.8) is 0 Å². The van der Waals surface area contributed by atoms with Crippen LogP contribution in [-0.4, -0.2) is 24.4 Å². The SMILES string of the molecule is Cc1ccc(C)c(NC(=O)COC(=O)c2ccccc2NC(=O)Cc2ccccc2)c1. The fraction of sp³-hybridized carbons (Fsp3) is 0.160. The fourth-order valence-corrected chi connectivity index (χ4v) is 3.01. The number of hydrogen-bond donors (Lipinski definition) is 2. The van der Waals surface area contributed by atoms with Crippen molar-refractivity contribution in [2.75, 3.05) is 17.2 Å². The van der Waals surface area contributed by atoms with Crippen LogP contribution in [0.3, 0.4) is 0 Å². The van der Waals surface area contributed by atoms with Crippen LogP contribution < -0.4 is 10.6 Å². The molecule has 0 aliphatic carbocycles. The summed E-state index contributed by atoms with van der Waals surface area (Å²) in [6.07, 6.45) is 0.183. The average Bonchev–Trinajstić information content (AvgIpc) is 2.75. The van der Waals surface area contributed by atoms with E-state index in [2.05, 4.69) is 10.6 Å². The molecule has 158 valence electrons. The molecule has 2 amide bonds. The van der Waals surface area contributed by atoms with Crippen molar-refractivity contribution in [2.45, 2.75) is 20.3 Å². The summed E-state index contributed by atoms with van der Waals surface area (Å²) in [6, 6.07) is 21.6. The molecular formula is C25H24N2O4. The van der Waals surface area contributed by atoms with Crippen molar-refractivity contribution >= 4 is 29.2 Å². The minimum atomic E-state index is -0.688. The molecule has 0 radical (unpaired) electrons. The van der Waals surface area contributed by atoms with E-state index in [-0.39, 0.29) is 17.9 Å². The number of carbonyl (C=O) groups is 3. The van der Waals surface area contributed by atoms with Gasteiger partial charge in [0.15, 0.2) is 6.61 Å². The molecule has 0 aromatic heterocycles. The largest absolute Gasteiger partial charge is 0.452 e. The van der Waals surface area contributed by atoms with E-state index >= 15 is 0 Å². The van der Waals surface area contributed by atoms with Gasteiger partial charge >= 0.3 is 5.97 Å². The predicted molar refractivity (Wildman–Crippen MR) is 120 cm³/mol. The van der Waals surface area contributed by atoms with E-state index in [0.717, 1.165) is 16.7 Å². The molecule has 0 unspecified atom stereocenters. The number of carbonyl (C=O) groups excluding carboxylic acids is 3. The van der Waals surface area contributed by atoms with Crippen molar-refractivity contribution in [1.29, 1.82) is 0 Å². The van der Waals surface area contributed by atoms with Crippen LogP contribution >= 0.6 is 0 Å². The molecule has 0 saturated heterocycles. The lowest BCUT2D eigenvalue weighted by molar-refractivity contribution is -0.119. The Kier molecular flexibility index (Phi) is 7.17. The van der Waals surface area contributed by atoms with Crippen molar-refractivity contribution in [3.05, 3.63) is 95.1 Å². The van der Waals surface area contributed by atoms with Gasteiger partial charge < -0.3 is 15.4 Å². The Hall–Kier alpha value is -3.93. The molecule has 3 aromatic rings. The lowest BCUT2D eigenvalue weighted by atomic mass is 10.1. The molecule has 6 heteroatoms. The van der Waals surface area contributed by atoms with Gasteiger partial charge in [-0.05, 0) is 48.7 Å². The summed E-state index contributed by atoms with van der Waals surface area (Å²) in [4.78, 5) is 37.1. The molecule has 0 heterocycles. The third-order valence-electron chi connectivity index (χ3n) is 4.63. The summed E-state index contributed by atoms with van der Waals surface area (Å²) in [7, 11) is 0. The molecule has 6 nitrogen and oxygen atoms in total. The van der Waals surface area contributed by atoms with Crippen LogP contribution in [0.15, 0.2) is 72.8 Å². The standard InChI is InChI=1S/C25H24N2O4/c1-17-12-13-18(2)22(14-17)27-24(29)16-31-25(30)20-10-6-7-11-21(20)26-23(28)15-19-8-4-3-5-9-19/h3-14H,15-16H2,1-2H3,(H,26,28)(H,27,29). The molecule has 0 aliphatic rings. The molecule has 31 heavy (non-hydrogen) atoms. The van der Waals surface area contributed by atoms with Crippen LogP contribution in [-0.2, 0) is 20.7 Å². The first-order valence-corrected chi connectivity index (χ1v) is 9.89. The van der Waals surface area contributed by atoms with Gasteiger partial charge in [-0.2, -0.15) is 0 Å². The number of benzene rings is 3. The third-order valence-corrected chi connectivity index (χ3v) is 4.63. The Balaban J connectivity index is 1.59. The Morgan fingerprint density at radius 2 is 1.45 bits per heavy atom. The number of nitrogens with one attached hydrogen (secondary N) is 2. The van der Waals surface area contributed by atoms with Gasteiger partial charge in [-0.3, -0.25) is 9.59 Å². The van der Waals surface area contributed by atoms with Gasteiger partial charge in [0.25, 0.3) is 5.91 Å². The minimum Gasteiger partial charge on any atom is -0.452 e. The first-order valence-electron chi connectivity index (χ1n) is 9.89. The van der Waals surface area contributed by atoms with Crippen LogP contribution in [0.4, 0.5) is 11.4 Å². The van der Waals surface area contributed by atoms with Crippen molar-refractivity contribution in [1.82, 2.24) is 0 Å². The van der Waals surface area contributed by atoms with Crippen LogP contribution in [0.25, 0.3) is 0 Å². The zero-order chi connectivity index (χ0) is 22.2. The molecule has 0 spiro atoms. The maximum absolute atomic E-state index is 12.5. The molecule has 0 fully saturated rings. The highest BCUT2D eigenvalue weighted by molar-refractivity contribution is 6.02. The number of aryl methyl sites for hydroxylation is 2. The number of amides is 2. The Bertz CT molecular complexity index is 1090. The number of hydrogen-bond acceptors (Lipinski definition) is 4. The number of anilines is 2. The highest BCUT2D eigenvalue weighted by Gasteiger charge is 2.16. The van der Waals surface area contributed by atoms with E-state index in [4.69, 9.17) is 4.74 Å². The number of rotatable bonds is 7. The minimum absolute atomic E-state index is 0.183. The summed E-state index contributed by atoms with van der Waals surface area (Å²) in [6.45, 7) is 3.38. The van der Waals surface area contributed by atoms with Gasteiger partial charge in [-0.25, -0.2) is 4.79 Å². The van der Waals surface area contributed by atoms with E-state index in [1.807, 2.05) is 62.4 Å². The van der Waals surface area contributed by atoms with Crippen molar-refractivity contribution in [2.24, 2.45) is 0 Å². The summed E-state index contributed by atoms with van der Waals surface area (Å²) in [5.41, 5.74) is 3.99. The number of esters is 1. The molecule has 0 bridgehead atoms. The highest BCUT2D eigenvalue weighted by atomic mass is 16.5. The summed E-state index contributed by atoms with van der Waals surface area (Å²) in [5.74, 6) is -1.38. The second-order valence-corrected chi connectivity index (χ2v) is 7.20. The van der Waals surface area contributed by atoms with E-state index in [1.165, 1.54) is 0 Å². The topological polar surface area (TPSA) is 84.5 Å². The Labute approximate surface area is 181 Å². The van der Waals surface area contributed by atoms with Gasteiger partial charge in [0.1, 0.15) is 0 Å². The van der Waals surface area contributed by atoms with Crippen LogP contribution in [0.2, 0.25) is 0 Å². The van der Waals surface area contributed by atoms with Crippen molar-refractivity contribution < 1.29 is 19.1 Å². The Morgan fingerprint density at radius 3 is 2.23 bits per heavy atom. The third kappa shape index (κ3) is 6.27. The maximum Gasteiger partial charge on any atom is 0.340 e. The first-order chi connectivity index (χ1) is 14.9. The molecule has 2 N–H and O–H groups in total. The quantitative estimate of drug-likeness (QED) is 0.563. The molecule has 0 saturated carbocycles. The normalized spacial score (nSPS) is 10.3. The van der Waals surface area contributed by atoms with Gasteiger partial charge in [0.2, 0.25) is 5.91 Å². The monoisotopic (exact) mass is 416 g/mol. The van der Waals surface area contributed by atoms with Crippen LogP contribution in [0, 0.1) is 13.8 Å². The zero-order valence-electron chi connectivity index (χ0n) is 17.5. The molecule has 3 aromatic carbocycles. The molecule has 3 rings (SSSR count). The first kappa shape index (κ1) is 21.8. The van der Waals surface area contributed by atoms with E-state index < -0.39 is 18.5 Å². The lowest BCUT2D eigenvalue weighted by Gasteiger charge is -2.12.